The maximum atomic E-state index is 12.2. The minimum absolute atomic E-state index is 0.0653. The Kier molecular flexibility index (Phi) is 4.26. The highest BCUT2D eigenvalue weighted by molar-refractivity contribution is 5.78. The lowest BCUT2D eigenvalue weighted by Gasteiger charge is -2.18. The van der Waals surface area contributed by atoms with E-state index in [0.29, 0.717) is 12.3 Å². The highest BCUT2D eigenvalue weighted by Crippen LogP contribution is 2.41. The molecule has 6 nitrogen and oxygen atoms in total. The summed E-state index contributed by atoms with van der Waals surface area (Å²) in [5, 5.41) is 2.87. The molecule has 1 aliphatic rings. The number of carbonyl (C=O) groups is 1. The van der Waals surface area contributed by atoms with E-state index in [1.54, 1.807) is 0 Å². The van der Waals surface area contributed by atoms with E-state index >= 15 is 0 Å². The second kappa shape index (κ2) is 6.61. The Labute approximate surface area is 158 Å². The quantitative estimate of drug-likeness (QED) is 0.755. The second-order valence-electron chi connectivity index (χ2n) is 7.42. The van der Waals surface area contributed by atoms with E-state index in [1.165, 1.54) is 0 Å². The van der Waals surface area contributed by atoms with Crippen LogP contribution in [0.4, 0.5) is 0 Å². The molecular formula is C21H23N3O3. The molecule has 2 aromatic carbocycles. The van der Waals surface area contributed by atoms with Crippen LogP contribution in [0, 0.1) is 0 Å². The van der Waals surface area contributed by atoms with Crippen molar-refractivity contribution in [1.82, 2.24) is 14.9 Å². The van der Waals surface area contributed by atoms with E-state index in [2.05, 4.69) is 10.3 Å². The fourth-order valence-electron chi connectivity index (χ4n) is 3.43. The molecule has 0 saturated carbocycles. The number of ether oxygens (including phenoxy) is 2. The number of nitrogens with one attached hydrogen (secondary N) is 1. The molecule has 0 bridgehead atoms. The minimum Gasteiger partial charge on any atom is -0.483 e. The van der Waals surface area contributed by atoms with Gasteiger partial charge in [-0.1, -0.05) is 24.3 Å². The predicted molar refractivity (Wildman–Crippen MR) is 103 cm³/mol. The summed E-state index contributed by atoms with van der Waals surface area (Å²) in [6.07, 6.45) is 0.832. The Hall–Kier alpha value is -3.02. The van der Waals surface area contributed by atoms with Crippen molar-refractivity contribution in [2.75, 3.05) is 6.61 Å². The van der Waals surface area contributed by atoms with Crippen LogP contribution in [-0.2, 0) is 24.8 Å². The zero-order chi connectivity index (χ0) is 19.0. The van der Waals surface area contributed by atoms with Crippen LogP contribution in [0.3, 0.4) is 0 Å². The molecule has 0 aliphatic carbocycles. The summed E-state index contributed by atoms with van der Waals surface area (Å²) < 4.78 is 13.7. The number of hydrogen-bond donors (Lipinski definition) is 1. The van der Waals surface area contributed by atoms with Crippen molar-refractivity contribution < 1.29 is 14.3 Å². The molecule has 1 aliphatic heterocycles. The van der Waals surface area contributed by atoms with Gasteiger partial charge in [-0.15, -0.1) is 0 Å². The molecule has 0 radical (unpaired) electrons. The molecule has 27 heavy (non-hydrogen) atoms. The Bertz CT molecular complexity index is 1010. The van der Waals surface area contributed by atoms with E-state index in [4.69, 9.17) is 9.47 Å². The number of fused-ring (bicyclic) bond motifs is 2. The third-order valence-electron chi connectivity index (χ3n) is 4.74. The number of amides is 1. The Balaban J connectivity index is 1.37. The number of aryl methyl sites for hydroxylation is 1. The Morgan fingerprint density at radius 3 is 2.89 bits per heavy atom. The molecule has 0 fully saturated rings. The average molecular weight is 365 g/mol. The first kappa shape index (κ1) is 17.4. The van der Waals surface area contributed by atoms with Crippen LogP contribution in [0.5, 0.6) is 11.5 Å². The number of para-hydroxylation sites is 3. The summed E-state index contributed by atoms with van der Waals surface area (Å²) in [4.78, 5) is 16.8. The topological polar surface area (TPSA) is 65.4 Å². The number of aromatic nitrogens is 2. The molecule has 1 amide bonds. The zero-order valence-electron chi connectivity index (χ0n) is 15.8. The molecule has 3 aromatic rings. The molecular weight excluding hydrogens is 342 g/mol. The fourth-order valence-corrected chi connectivity index (χ4v) is 3.43. The highest BCUT2D eigenvalue weighted by Gasteiger charge is 2.32. The van der Waals surface area contributed by atoms with Crippen LogP contribution in [0.1, 0.15) is 25.2 Å². The summed E-state index contributed by atoms with van der Waals surface area (Å²) in [5.74, 6) is 1.95. The van der Waals surface area contributed by atoms with Gasteiger partial charge in [-0.2, -0.15) is 0 Å². The lowest BCUT2D eigenvalue weighted by Crippen LogP contribution is -2.29. The predicted octanol–water partition coefficient (Wildman–Crippen LogP) is 2.98. The maximum absolute atomic E-state index is 12.2. The molecule has 0 saturated heterocycles. The molecule has 1 N–H and O–H groups in total. The van der Waals surface area contributed by atoms with Crippen LogP contribution >= 0.6 is 0 Å². The normalized spacial score (nSPS) is 14.6. The third kappa shape index (κ3) is 3.47. The summed E-state index contributed by atoms with van der Waals surface area (Å²) in [5.41, 5.74) is 2.82. The van der Waals surface area contributed by atoms with E-state index in [0.717, 1.165) is 34.6 Å². The number of hydrogen-bond acceptors (Lipinski definition) is 4. The van der Waals surface area contributed by atoms with E-state index < -0.39 is 0 Å². The number of imidazole rings is 1. The van der Waals surface area contributed by atoms with E-state index in [-0.39, 0.29) is 18.1 Å². The maximum Gasteiger partial charge on any atom is 0.258 e. The van der Waals surface area contributed by atoms with Crippen molar-refractivity contribution in [3.8, 4) is 11.5 Å². The molecule has 0 atom stereocenters. The monoisotopic (exact) mass is 365 g/mol. The first-order valence-corrected chi connectivity index (χ1v) is 9.04. The molecule has 1 aromatic heterocycles. The summed E-state index contributed by atoms with van der Waals surface area (Å²) in [6.45, 7) is 4.37. The molecule has 2 heterocycles. The van der Waals surface area contributed by atoms with Crippen LogP contribution in [0.25, 0.3) is 11.0 Å². The van der Waals surface area contributed by atoms with Gasteiger partial charge in [0.25, 0.3) is 5.91 Å². The van der Waals surface area contributed by atoms with Crippen LogP contribution < -0.4 is 14.8 Å². The highest BCUT2D eigenvalue weighted by atomic mass is 16.5. The number of rotatable bonds is 5. The second-order valence-corrected chi connectivity index (χ2v) is 7.42. The Morgan fingerprint density at radius 1 is 1.26 bits per heavy atom. The first-order chi connectivity index (χ1) is 12.9. The van der Waals surface area contributed by atoms with Crippen LogP contribution in [0.15, 0.2) is 42.5 Å². The summed E-state index contributed by atoms with van der Waals surface area (Å²) >= 11 is 0. The average Bonchev–Trinajstić information content (AvgIpc) is 3.13. The molecule has 0 spiro atoms. The number of benzene rings is 2. The fraction of sp³-hybridized carbons (Fsp3) is 0.333. The van der Waals surface area contributed by atoms with Gasteiger partial charge in [0.05, 0.1) is 17.6 Å². The van der Waals surface area contributed by atoms with Gasteiger partial charge in [0.15, 0.2) is 18.1 Å². The molecule has 4 rings (SSSR count). The number of nitrogens with zero attached hydrogens (tertiary/aromatic N) is 2. The van der Waals surface area contributed by atoms with Crippen molar-refractivity contribution in [3.63, 3.8) is 0 Å². The van der Waals surface area contributed by atoms with Crippen molar-refractivity contribution in [2.45, 2.75) is 32.4 Å². The van der Waals surface area contributed by atoms with Gasteiger partial charge in [-0.3, -0.25) is 4.79 Å². The van der Waals surface area contributed by atoms with Gasteiger partial charge in [0, 0.05) is 19.0 Å². The Morgan fingerprint density at radius 2 is 2.07 bits per heavy atom. The molecule has 6 heteroatoms. The van der Waals surface area contributed by atoms with Gasteiger partial charge in [-0.25, -0.2) is 4.98 Å². The van der Waals surface area contributed by atoms with Gasteiger partial charge >= 0.3 is 0 Å². The standard InChI is InChI=1S/C21H23N3O3/c1-21(2)11-14-7-6-10-17(20(14)27-21)26-13-19(25)22-12-18-23-15-8-4-5-9-16(15)24(18)3/h4-10H,11-13H2,1-3H3,(H,22,25). The lowest BCUT2D eigenvalue weighted by molar-refractivity contribution is -0.123. The number of carbonyl (C=O) groups excluding carboxylic acids is 1. The largest absolute Gasteiger partial charge is 0.483 e. The van der Waals surface area contributed by atoms with Crippen LogP contribution in [0.2, 0.25) is 0 Å². The van der Waals surface area contributed by atoms with Crippen molar-refractivity contribution in [3.05, 3.63) is 53.9 Å². The zero-order valence-corrected chi connectivity index (χ0v) is 15.8. The van der Waals surface area contributed by atoms with Crippen molar-refractivity contribution >= 4 is 16.9 Å². The SMILES string of the molecule is Cn1c(CNC(=O)COc2cccc3c2OC(C)(C)C3)nc2ccccc21. The van der Waals surface area contributed by atoms with Gasteiger partial charge < -0.3 is 19.4 Å². The first-order valence-electron chi connectivity index (χ1n) is 9.04. The van der Waals surface area contributed by atoms with Crippen molar-refractivity contribution in [2.24, 2.45) is 7.05 Å². The third-order valence-corrected chi connectivity index (χ3v) is 4.74. The molecule has 0 unspecified atom stereocenters. The van der Waals surface area contributed by atoms with Gasteiger partial charge in [0.2, 0.25) is 0 Å². The smallest absolute Gasteiger partial charge is 0.258 e. The lowest BCUT2D eigenvalue weighted by atomic mass is 10.0. The van der Waals surface area contributed by atoms with E-state index in [9.17, 15) is 4.79 Å². The van der Waals surface area contributed by atoms with Crippen LogP contribution in [-0.4, -0.2) is 27.7 Å². The summed E-state index contributed by atoms with van der Waals surface area (Å²) in [7, 11) is 1.94. The van der Waals surface area contributed by atoms with Crippen molar-refractivity contribution in [1.29, 1.82) is 0 Å². The van der Waals surface area contributed by atoms with Gasteiger partial charge in [-0.05, 0) is 32.0 Å². The molecule has 140 valence electrons. The summed E-state index contributed by atoms with van der Waals surface area (Å²) in [6, 6.07) is 13.7. The van der Waals surface area contributed by atoms with E-state index in [1.807, 2.05) is 67.9 Å². The van der Waals surface area contributed by atoms with Gasteiger partial charge in [0.1, 0.15) is 11.4 Å². The minimum atomic E-state index is -0.246.